The molecule has 1 aliphatic rings. The second kappa shape index (κ2) is 7.00. The van der Waals surface area contributed by atoms with Gasteiger partial charge in [0.25, 0.3) is 0 Å². The van der Waals surface area contributed by atoms with Gasteiger partial charge in [0.1, 0.15) is 5.65 Å². The molecule has 3 heterocycles. The third kappa shape index (κ3) is 3.40. The van der Waals surface area contributed by atoms with E-state index in [1.54, 1.807) is 0 Å². The molecule has 0 saturated carbocycles. The Labute approximate surface area is 157 Å². The number of anilines is 1. The van der Waals surface area contributed by atoms with Crippen LogP contribution in [0, 0.1) is 6.92 Å². The number of carbonyl (C=O) groups excluding carboxylic acids is 1. The van der Waals surface area contributed by atoms with Gasteiger partial charge in [-0.2, -0.15) is 0 Å². The predicted octanol–water partition coefficient (Wildman–Crippen LogP) is 3.19. The predicted molar refractivity (Wildman–Crippen MR) is 104 cm³/mol. The molecule has 0 bridgehead atoms. The number of imidazole rings is 1. The molecule has 0 N–H and O–H groups in total. The first-order valence-corrected chi connectivity index (χ1v) is 9.19. The zero-order valence-electron chi connectivity index (χ0n) is 14.7. The van der Waals surface area contributed by atoms with E-state index in [2.05, 4.69) is 16.0 Å². The van der Waals surface area contributed by atoms with Crippen molar-refractivity contribution in [1.82, 2.24) is 14.3 Å². The van der Waals surface area contributed by atoms with Crippen molar-refractivity contribution in [2.45, 2.75) is 13.3 Å². The first kappa shape index (κ1) is 16.9. The van der Waals surface area contributed by atoms with Crippen molar-refractivity contribution in [2.24, 2.45) is 0 Å². The van der Waals surface area contributed by atoms with Gasteiger partial charge in [-0.3, -0.25) is 4.79 Å². The van der Waals surface area contributed by atoms with Gasteiger partial charge in [0.05, 0.1) is 12.1 Å². The average molecular weight is 369 g/mol. The van der Waals surface area contributed by atoms with Crippen LogP contribution in [-0.2, 0) is 11.2 Å². The Balaban J connectivity index is 1.39. The third-order valence-corrected chi connectivity index (χ3v) is 5.10. The fourth-order valence-corrected chi connectivity index (χ4v) is 3.63. The molecule has 1 aliphatic heterocycles. The number of aryl methyl sites for hydroxylation is 1. The number of halogens is 1. The average Bonchev–Trinajstić information content (AvgIpc) is 3.06. The van der Waals surface area contributed by atoms with Crippen LogP contribution in [0.2, 0.25) is 5.02 Å². The molecule has 6 heteroatoms. The first-order chi connectivity index (χ1) is 12.6. The standard InChI is InChI=1S/C20H21ClN4O/c1-15-4-3-7-25-14-17(22-20(15)25)13-19(26)24-10-8-23(9-11-24)18-6-2-5-16(21)12-18/h2-7,12,14H,8-11,13H2,1H3. The maximum absolute atomic E-state index is 12.7. The molecule has 4 rings (SSSR count). The number of carbonyl (C=O) groups is 1. The molecule has 0 spiro atoms. The smallest absolute Gasteiger partial charge is 0.228 e. The highest BCUT2D eigenvalue weighted by atomic mass is 35.5. The van der Waals surface area contributed by atoms with Crippen LogP contribution in [0.3, 0.4) is 0 Å². The van der Waals surface area contributed by atoms with Crippen molar-refractivity contribution in [1.29, 1.82) is 0 Å². The number of benzene rings is 1. The van der Waals surface area contributed by atoms with Gasteiger partial charge in [-0.05, 0) is 36.8 Å². The Kier molecular flexibility index (Phi) is 4.55. The second-order valence-electron chi connectivity index (χ2n) is 6.68. The van der Waals surface area contributed by atoms with Gasteiger partial charge >= 0.3 is 0 Å². The highest BCUT2D eigenvalue weighted by molar-refractivity contribution is 6.30. The molecule has 2 aromatic heterocycles. The summed E-state index contributed by atoms with van der Waals surface area (Å²) in [6.45, 7) is 5.10. The van der Waals surface area contributed by atoms with E-state index in [-0.39, 0.29) is 5.91 Å². The van der Waals surface area contributed by atoms with Gasteiger partial charge in [-0.1, -0.05) is 23.7 Å². The number of nitrogens with zero attached hydrogens (tertiary/aromatic N) is 4. The minimum Gasteiger partial charge on any atom is -0.368 e. The highest BCUT2D eigenvalue weighted by Crippen LogP contribution is 2.21. The number of hydrogen-bond acceptors (Lipinski definition) is 3. The summed E-state index contributed by atoms with van der Waals surface area (Å²) in [5.41, 5.74) is 3.96. The van der Waals surface area contributed by atoms with Crippen molar-refractivity contribution < 1.29 is 4.79 Å². The van der Waals surface area contributed by atoms with Crippen LogP contribution in [0.25, 0.3) is 5.65 Å². The summed E-state index contributed by atoms with van der Waals surface area (Å²) >= 11 is 6.08. The van der Waals surface area contributed by atoms with Crippen LogP contribution in [-0.4, -0.2) is 46.4 Å². The number of aromatic nitrogens is 2. The van der Waals surface area contributed by atoms with E-state index in [4.69, 9.17) is 11.6 Å². The molecule has 0 aliphatic carbocycles. The van der Waals surface area contributed by atoms with E-state index in [1.165, 1.54) is 0 Å². The molecule has 1 saturated heterocycles. The van der Waals surface area contributed by atoms with E-state index in [0.717, 1.165) is 53.8 Å². The summed E-state index contributed by atoms with van der Waals surface area (Å²) < 4.78 is 1.98. The van der Waals surface area contributed by atoms with Crippen LogP contribution in [0.15, 0.2) is 48.8 Å². The van der Waals surface area contributed by atoms with Crippen molar-refractivity contribution >= 4 is 28.8 Å². The largest absolute Gasteiger partial charge is 0.368 e. The third-order valence-electron chi connectivity index (χ3n) is 4.87. The van der Waals surface area contributed by atoms with Crippen LogP contribution >= 0.6 is 11.6 Å². The molecule has 1 aromatic carbocycles. The number of fused-ring (bicyclic) bond motifs is 1. The summed E-state index contributed by atoms with van der Waals surface area (Å²) in [6.07, 6.45) is 4.26. The topological polar surface area (TPSA) is 40.9 Å². The van der Waals surface area contributed by atoms with E-state index >= 15 is 0 Å². The quantitative estimate of drug-likeness (QED) is 0.713. The summed E-state index contributed by atoms with van der Waals surface area (Å²) in [5, 5.41) is 0.739. The monoisotopic (exact) mass is 368 g/mol. The van der Waals surface area contributed by atoms with Crippen LogP contribution < -0.4 is 4.90 Å². The Morgan fingerprint density at radius 1 is 1.15 bits per heavy atom. The summed E-state index contributed by atoms with van der Waals surface area (Å²) in [7, 11) is 0. The number of hydrogen-bond donors (Lipinski definition) is 0. The summed E-state index contributed by atoms with van der Waals surface area (Å²) in [4.78, 5) is 21.5. The molecule has 134 valence electrons. The second-order valence-corrected chi connectivity index (χ2v) is 7.12. The molecule has 1 fully saturated rings. The summed E-state index contributed by atoms with van der Waals surface area (Å²) in [5.74, 6) is 0.136. The van der Waals surface area contributed by atoms with Crippen LogP contribution in [0.5, 0.6) is 0 Å². The number of amides is 1. The zero-order valence-corrected chi connectivity index (χ0v) is 15.5. The molecule has 26 heavy (non-hydrogen) atoms. The molecular formula is C20H21ClN4O. The normalized spacial score (nSPS) is 14.8. The van der Waals surface area contributed by atoms with Crippen molar-refractivity contribution in [3.05, 3.63) is 65.1 Å². The fourth-order valence-electron chi connectivity index (χ4n) is 3.44. The van der Waals surface area contributed by atoms with Crippen molar-refractivity contribution in [3.8, 4) is 0 Å². The van der Waals surface area contributed by atoms with Gasteiger partial charge in [0.2, 0.25) is 5.91 Å². The first-order valence-electron chi connectivity index (χ1n) is 8.81. The van der Waals surface area contributed by atoms with E-state index in [1.807, 2.05) is 58.9 Å². The number of pyridine rings is 1. The van der Waals surface area contributed by atoms with Gasteiger partial charge in [0, 0.05) is 49.3 Å². The van der Waals surface area contributed by atoms with Crippen LogP contribution in [0.1, 0.15) is 11.3 Å². The van der Waals surface area contributed by atoms with Crippen molar-refractivity contribution in [2.75, 3.05) is 31.1 Å². The maximum atomic E-state index is 12.7. The number of rotatable bonds is 3. The highest BCUT2D eigenvalue weighted by Gasteiger charge is 2.22. The Morgan fingerprint density at radius 2 is 1.96 bits per heavy atom. The molecule has 3 aromatic rings. The summed E-state index contributed by atoms with van der Waals surface area (Å²) in [6, 6.07) is 11.9. The number of piperazine rings is 1. The van der Waals surface area contributed by atoms with E-state index in [9.17, 15) is 4.79 Å². The van der Waals surface area contributed by atoms with Gasteiger partial charge < -0.3 is 14.2 Å². The molecule has 5 nitrogen and oxygen atoms in total. The van der Waals surface area contributed by atoms with Gasteiger partial charge in [-0.25, -0.2) is 4.98 Å². The van der Waals surface area contributed by atoms with E-state index in [0.29, 0.717) is 6.42 Å². The van der Waals surface area contributed by atoms with Crippen LogP contribution in [0.4, 0.5) is 5.69 Å². The van der Waals surface area contributed by atoms with Gasteiger partial charge in [0.15, 0.2) is 0 Å². The lowest BCUT2D eigenvalue weighted by Crippen LogP contribution is -2.49. The van der Waals surface area contributed by atoms with E-state index < -0.39 is 0 Å². The minimum absolute atomic E-state index is 0.136. The molecule has 1 amide bonds. The Bertz CT molecular complexity index is 944. The zero-order chi connectivity index (χ0) is 18.1. The fraction of sp³-hybridized carbons (Fsp3) is 0.300. The molecule has 0 radical (unpaired) electrons. The molecular weight excluding hydrogens is 348 g/mol. The lowest BCUT2D eigenvalue weighted by molar-refractivity contribution is -0.130. The minimum atomic E-state index is 0.136. The SMILES string of the molecule is Cc1cccn2cc(CC(=O)N3CCN(c4cccc(Cl)c4)CC3)nc12. The molecule has 0 atom stereocenters. The van der Waals surface area contributed by atoms with Crippen molar-refractivity contribution in [3.63, 3.8) is 0 Å². The van der Waals surface area contributed by atoms with Gasteiger partial charge in [-0.15, -0.1) is 0 Å². The molecule has 0 unspecified atom stereocenters. The lowest BCUT2D eigenvalue weighted by Gasteiger charge is -2.36. The Morgan fingerprint density at radius 3 is 2.69 bits per heavy atom. The Hall–Kier alpha value is -2.53. The maximum Gasteiger partial charge on any atom is 0.228 e. The lowest BCUT2D eigenvalue weighted by atomic mass is 10.2.